The van der Waals surface area contributed by atoms with Gasteiger partial charge in [-0.05, 0) is 18.2 Å². The summed E-state index contributed by atoms with van der Waals surface area (Å²) in [5.74, 6) is -0.140. The first-order valence-electron chi connectivity index (χ1n) is 6.94. The number of nitrogens with zero attached hydrogens (tertiary/aromatic N) is 1. The van der Waals surface area contributed by atoms with E-state index in [9.17, 15) is 9.59 Å². The van der Waals surface area contributed by atoms with Crippen LogP contribution >= 0.6 is 0 Å². The summed E-state index contributed by atoms with van der Waals surface area (Å²) >= 11 is 0. The number of rotatable bonds is 6. The molecule has 0 aliphatic rings. The fourth-order valence-corrected chi connectivity index (χ4v) is 1.90. The maximum atomic E-state index is 12.3. The van der Waals surface area contributed by atoms with Crippen molar-refractivity contribution in [3.63, 3.8) is 0 Å². The molecule has 0 aliphatic heterocycles. The van der Waals surface area contributed by atoms with Gasteiger partial charge in [0.15, 0.2) is 0 Å². The molecule has 6 nitrogen and oxygen atoms in total. The number of carbonyl (C=O) groups excluding carboxylic acids is 2. The Morgan fingerprint density at radius 2 is 1.91 bits per heavy atom. The number of benzene rings is 1. The molecule has 23 heavy (non-hydrogen) atoms. The van der Waals surface area contributed by atoms with Gasteiger partial charge in [0, 0.05) is 18.9 Å². The zero-order chi connectivity index (χ0) is 16.7. The molecule has 0 atom stereocenters. The molecule has 6 heteroatoms. The topological polar surface area (TPSA) is 80.3 Å². The van der Waals surface area contributed by atoms with Gasteiger partial charge in [0.2, 0.25) is 0 Å². The van der Waals surface area contributed by atoms with Crippen LogP contribution in [0.3, 0.4) is 0 Å². The lowest BCUT2D eigenvalue weighted by Gasteiger charge is -2.10. The van der Waals surface area contributed by atoms with E-state index in [-0.39, 0.29) is 17.4 Å². The Morgan fingerprint density at radius 1 is 1.22 bits per heavy atom. The van der Waals surface area contributed by atoms with Gasteiger partial charge in [0.05, 0.1) is 23.9 Å². The van der Waals surface area contributed by atoms with Gasteiger partial charge in [-0.1, -0.05) is 18.2 Å². The number of methoxy groups -OCH3 is 1. The van der Waals surface area contributed by atoms with Crippen LogP contribution in [0, 0.1) is 0 Å². The van der Waals surface area contributed by atoms with Crippen LogP contribution in [0.2, 0.25) is 0 Å². The summed E-state index contributed by atoms with van der Waals surface area (Å²) in [5, 5.41) is 5.37. The molecule has 0 unspecified atom stereocenters. The lowest BCUT2D eigenvalue weighted by Crippen LogP contribution is -2.24. The monoisotopic (exact) mass is 311 g/mol. The highest BCUT2D eigenvalue weighted by Gasteiger charge is 2.12. The first-order chi connectivity index (χ1) is 11.2. The van der Waals surface area contributed by atoms with Crippen LogP contribution in [0.1, 0.15) is 20.7 Å². The number of nitrogens with one attached hydrogen (secondary N) is 2. The van der Waals surface area contributed by atoms with Gasteiger partial charge in [0.25, 0.3) is 11.8 Å². The van der Waals surface area contributed by atoms with E-state index in [4.69, 9.17) is 4.74 Å². The standard InChI is InChI=1S/C17H17N3O3/c1-3-8-19-16(21)12-9-13(11-18-10-12)17(22)20-14-6-4-5-7-15(14)23-2/h3-7,9-11H,1,8H2,2H3,(H,19,21)(H,20,22). The number of carbonyl (C=O) groups is 2. The Balaban J connectivity index is 2.16. The number of pyridine rings is 1. The summed E-state index contributed by atoms with van der Waals surface area (Å²) in [4.78, 5) is 28.1. The SMILES string of the molecule is C=CCNC(=O)c1cncc(C(=O)Nc2ccccc2OC)c1. The summed E-state index contributed by atoms with van der Waals surface area (Å²) in [6.07, 6.45) is 4.37. The molecule has 0 saturated carbocycles. The minimum atomic E-state index is -0.375. The van der Waals surface area contributed by atoms with Crippen LogP contribution in [0.5, 0.6) is 5.75 Å². The highest BCUT2D eigenvalue weighted by atomic mass is 16.5. The molecule has 2 aromatic rings. The number of hydrogen-bond donors (Lipinski definition) is 2. The van der Waals surface area contributed by atoms with E-state index in [0.717, 1.165) is 0 Å². The van der Waals surface area contributed by atoms with Gasteiger partial charge in [-0.15, -0.1) is 6.58 Å². The maximum absolute atomic E-state index is 12.3. The van der Waals surface area contributed by atoms with Crippen LogP contribution in [0.4, 0.5) is 5.69 Å². The van der Waals surface area contributed by atoms with Crippen LogP contribution in [-0.4, -0.2) is 30.5 Å². The summed E-state index contributed by atoms with van der Waals surface area (Å²) in [5.41, 5.74) is 1.13. The van der Waals surface area contributed by atoms with E-state index >= 15 is 0 Å². The van der Waals surface area contributed by atoms with Gasteiger partial charge in [-0.25, -0.2) is 0 Å². The molecular weight excluding hydrogens is 294 g/mol. The Kier molecular flexibility index (Phi) is 5.46. The van der Waals surface area contributed by atoms with Gasteiger partial charge in [-0.2, -0.15) is 0 Å². The van der Waals surface area contributed by atoms with Crippen molar-refractivity contribution in [2.24, 2.45) is 0 Å². The number of anilines is 1. The third-order valence-electron chi connectivity index (χ3n) is 3.02. The van der Waals surface area contributed by atoms with Crippen LogP contribution < -0.4 is 15.4 Å². The van der Waals surface area contributed by atoms with E-state index < -0.39 is 0 Å². The number of amides is 2. The van der Waals surface area contributed by atoms with E-state index in [1.165, 1.54) is 25.6 Å². The second-order valence-electron chi connectivity index (χ2n) is 4.62. The molecule has 2 amide bonds. The van der Waals surface area contributed by atoms with Crippen LogP contribution in [-0.2, 0) is 0 Å². The molecule has 0 aliphatic carbocycles. The zero-order valence-corrected chi connectivity index (χ0v) is 12.7. The van der Waals surface area contributed by atoms with Crippen molar-refractivity contribution < 1.29 is 14.3 Å². The number of para-hydroxylation sites is 2. The molecule has 0 bridgehead atoms. The van der Waals surface area contributed by atoms with Gasteiger partial charge in [0.1, 0.15) is 5.75 Å². The molecule has 118 valence electrons. The molecule has 2 N–H and O–H groups in total. The Bertz CT molecular complexity index is 729. The molecule has 0 spiro atoms. The third kappa shape index (κ3) is 4.16. The molecule has 0 fully saturated rings. The fourth-order valence-electron chi connectivity index (χ4n) is 1.90. The first kappa shape index (κ1) is 16.2. The lowest BCUT2D eigenvalue weighted by atomic mass is 10.1. The number of ether oxygens (including phenoxy) is 1. The van der Waals surface area contributed by atoms with E-state index in [0.29, 0.717) is 23.5 Å². The zero-order valence-electron chi connectivity index (χ0n) is 12.7. The second kappa shape index (κ2) is 7.74. The average molecular weight is 311 g/mol. The van der Waals surface area contributed by atoms with Crippen molar-refractivity contribution in [2.75, 3.05) is 19.0 Å². The number of hydrogen-bond acceptors (Lipinski definition) is 4. The van der Waals surface area contributed by atoms with E-state index in [2.05, 4.69) is 22.2 Å². The van der Waals surface area contributed by atoms with Gasteiger partial charge >= 0.3 is 0 Å². The molecule has 0 saturated heterocycles. The van der Waals surface area contributed by atoms with Gasteiger partial charge in [-0.3, -0.25) is 14.6 Å². The summed E-state index contributed by atoms with van der Waals surface area (Å²) in [6, 6.07) is 8.55. The fraction of sp³-hybridized carbons (Fsp3) is 0.118. The Morgan fingerprint density at radius 3 is 2.61 bits per heavy atom. The van der Waals surface area contributed by atoms with Crippen molar-refractivity contribution >= 4 is 17.5 Å². The van der Waals surface area contributed by atoms with Crippen molar-refractivity contribution in [3.8, 4) is 5.75 Å². The van der Waals surface area contributed by atoms with Crippen molar-refractivity contribution in [3.05, 3.63) is 66.5 Å². The molecular formula is C17H17N3O3. The largest absolute Gasteiger partial charge is 0.495 e. The number of aromatic nitrogens is 1. The predicted octanol–water partition coefficient (Wildman–Crippen LogP) is 2.26. The molecule has 2 rings (SSSR count). The quantitative estimate of drug-likeness (QED) is 0.802. The first-order valence-corrected chi connectivity index (χ1v) is 6.94. The van der Waals surface area contributed by atoms with Crippen LogP contribution in [0.25, 0.3) is 0 Å². The Labute approximate surface area is 134 Å². The van der Waals surface area contributed by atoms with Crippen molar-refractivity contribution in [1.82, 2.24) is 10.3 Å². The predicted molar refractivity (Wildman–Crippen MR) is 87.7 cm³/mol. The summed E-state index contributed by atoms with van der Waals surface area (Å²) < 4.78 is 5.18. The molecule has 1 aromatic carbocycles. The summed E-state index contributed by atoms with van der Waals surface area (Å²) in [6.45, 7) is 3.87. The normalized spacial score (nSPS) is 9.78. The van der Waals surface area contributed by atoms with E-state index in [1.54, 1.807) is 30.3 Å². The second-order valence-corrected chi connectivity index (χ2v) is 4.62. The van der Waals surface area contributed by atoms with E-state index in [1.807, 2.05) is 0 Å². The molecule has 1 heterocycles. The molecule has 0 radical (unpaired) electrons. The third-order valence-corrected chi connectivity index (χ3v) is 3.02. The summed E-state index contributed by atoms with van der Waals surface area (Å²) in [7, 11) is 1.52. The van der Waals surface area contributed by atoms with Crippen LogP contribution in [0.15, 0.2) is 55.4 Å². The van der Waals surface area contributed by atoms with Crippen molar-refractivity contribution in [1.29, 1.82) is 0 Å². The minimum Gasteiger partial charge on any atom is -0.495 e. The Hall–Kier alpha value is -3.15. The molecule has 1 aromatic heterocycles. The minimum absolute atomic E-state index is 0.280. The lowest BCUT2D eigenvalue weighted by molar-refractivity contribution is 0.0957. The highest BCUT2D eigenvalue weighted by Crippen LogP contribution is 2.23. The van der Waals surface area contributed by atoms with Crippen molar-refractivity contribution in [2.45, 2.75) is 0 Å². The smallest absolute Gasteiger partial charge is 0.257 e. The average Bonchev–Trinajstić information content (AvgIpc) is 2.60. The maximum Gasteiger partial charge on any atom is 0.257 e. The van der Waals surface area contributed by atoms with Gasteiger partial charge < -0.3 is 15.4 Å². The highest BCUT2D eigenvalue weighted by molar-refractivity contribution is 6.06.